The number of ether oxygens (including phenoxy) is 2. The predicted molar refractivity (Wildman–Crippen MR) is 124 cm³/mol. The Balaban J connectivity index is 1.83. The zero-order valence-corrected chi connectivity index (χ0v) is 18.3. The van der Waals surface area contributed by atoms with Crippen molar-refractivity contribution in [1.82, 2.24) is 5.43 Å². The summed E-state index contributed by atoms with van der Waals surface area (Å²) >= 11 is 1.64. The van der Waals surface area contributed by atoms with Gasteiger partial charge >= 0.3 is 0 Å². The molecule has 0 bridgehead atoms. The molecule has 3 aromatic rings. The summed E-state index contributed by atoms with van der Waals surface area (Å²) < 4.78 is 11.6. The Bertz CT molecular complexity index is 1090. The van der Waals surface area contributed by atoms with Crippen molar-refractivity contribution in [2.75, 3.05) is 13.2 Å². The minimum absolute atomic E-state index is 0.566. The summed E-state index contributed by atoms with van der Waals surface area (Å²) in [5.41, 5.74) is 8.11. The van der Waals surface area contributed by atoms with Crippen molar-refractivity contribution in [3.05, 3.63) is 75.5 Å². The van der Waals surface area contributed by atoms with Gasteiger partial charge in [-0.05, 0) is 67.6 Å². The lowest BCUT2D eigenvalue weighted by atomic mass is 9.97. The molecule has 0 saturated carbocycles. The van der Waals surface area contributed by atoms with Crippen LogP contribution in [0.5, 0.6) is 11.5 Å². The Morgan fingerprint density at radius 1 is 0.933 bits per heavy atom. The second-order valence-corrected chi connectivity index (χ2v) is 7.69. The fourth-order valence-electron chi connectivity index (χ4n) is 3.35. The van der Waals surface area contributed by atoms with E-state index < -0.39 is 0 Å². The molecule has 0 aliphatic carbocycles. The molecule has 5 nitrogen and oxygen atoms in total. The topological polar surface area (TPSA) is 55.2 Å². The number of hydrazone groups is 1. The highest BCUT2D eigenvalue weighted by atomic mass is 32.1. The van der Waals surface area contributed by atoms with E-state index in [1.54, 1.807) is 11.3 Å². The van der Waals surface area contributed by atoms with Gasteiger partial charge in [0.15, 0.2) is 17.3 Å². The molecule has 1 aliphatic rings. The highest BCUT2D eigenvalue weighted by Gasteiger charge is 2.19. The molecule has 0 fully saturated rings. The van der Waals surface area contributed by atoms with Gasteiger partial charge < -0.3 is 9.47 Å². The van der Waals surface area contributed by atoms with Crippen LogP contribution in [-0.4, -0.2) is 24.8 Å². The summed E-state index contributed by atoms with van der Waals surface area (Å²) in [6.07, 6.45) is 0.947. The van der Waals surface area contributed by atoms with E-state index in [2.05, 4.69) is 30.5 Å². The largest absolute Gasteiger partial charge is 0.490 e. The highest BCUT2D eigenvalue weighted by molar-refractivity contribution is 7.12. The summed E-state index contributed by atoms with van der Waals surface area (Å²) in [4.78, 5) is 5.93. The Kier molecular flexibility index (Phi) is 6.14. The zero-order chi connectivity index (χ0) is 20.9. The van der Waals surface area contributed by atoms with Crippen molar-refractivity contribution in [3.63, 3.8) is 0 Å². The molecule has 1 aliphatic heterocycles. The Morgan fingerprint density at radius 3 is 2.50 bits per heavy atom. The predicted octanol–water partition coefficient (Wildman–Crippen LogP) is 5.54. The lowest BCUT2D eigenvalue weighted by Gasteiger charge is -2.14. The molecule has 0 saturated heterocycles. The maximum absolute atomic E-state index is 5.84. The summed E-state index contributed by atoms with van der Waals surface area (Å²) in [6.45, 7) is 7.24. The molecular weight excluding hydrogens is 394 g/mol. The number of aliphatic imine (C=N–C) groups is 1. The number of nitrogens with one attached hydrogen (secondary N) is 1. The second kappa shape index (κ2) is 9.13. The van der Waals surface area contributed by atoms with Crippen LogP contribution in [0.4, 0.5) is 5.69 Å². The van der Waals surface area contributed by atoms with Crippen molar-refractivity contribution < 1.29 is 9.47 Å². The Hall–Kier alpha value is -3.12. The molecule has 2 aromatic carbocycles. The summed E-state index contributed by atoms with van der Waals surface area (Å²) in [6, 6.07) is 16.4. The molecule has 1 aromatic heterocycles. The van der Waals surface area contributed by atoms with Gasteiger partial charge in [-0.1, -0.05) is 19.1 Å². The van der Waals surface area contributed by atoms with Crippen molar-refractivity contribution in [3.8, 4) is 11.5 Å². The van der Waals surface area contributed by atoms with Gasteiger partial charge in [-0.3, -0.25) is 5.43 Å². The lowest BCUT2D eigenvalue weighted by Crippen LogP contribution is -2.18. The average molecular weight is 420 g/mol. The van der Waals surface area contributed by atoms with Crippen LogP contribution < -0.4 is 14.9 Å². The van der Waals surface area contributed by atoms with E-state index in [-0.39, 0.29) is 0 Å². The Morgan fingerprint density at radius 2 is 1.77 bits per heavy atom. The summed E-state index contributed by atoms with van der Waals surface area (Å²) in [5, 5.41) is 6.81. The molecule has 1 N–H and O–H groups in total. The molecule has 0 atom stereocenters. The summed E-state index contributed by atoms with van der Waals surface area (Å²) in [7, 11) is 0. The minimum Gasteiger partial charge on any atom is -0.490 e. The van der Waals surface area contributed by atoms with Gasteiger partial charge in [-0.25, -0.2) is 4.99 Å². The van der Waals surface area contributed by atoms with Crippen molar-refractivity contribution in [2.45, 2.75) is 27.2 Å². The van der Waals surface area contributed by atoms with E-state index in [0.717, 1.165) is 51.2 Å². The van der Waals surface area contributed by atoms with E-state index in [1.165, 1.54) is 5.56 Å². The molecule has 154 valence electrons. The van der Waals surface area contributed by atoms with Crippen LogP contribution in [0.1, 0.15) is 42.3 Å². The highest BCUT2D eigenvalue weighted by Crippen LogP contribution is 2.32. The molecule has 0 amide bonds. The van der Waals surface area contributed by atoms with E-state index in [4.69, 9.17) is 19.6 Å². The molecule has 6 heteroatoms. The number of hydrogen-bond donors (Lipinski definition) is 1. The van der Waals surface area contributed by atoms with Crippen molar-refractivity contribution in [2.24, 2.45) is 10.1 Å². The number of hydrogen-bond acceptors (Lipinski definition) is 6. The first-order chi connectivity index (χ1) is 14.7. The quantitative estimate of drug-likeness (QED) is 0.547. The molecule has 0 radical (unpaired) electrons. The number of rotatable bonds is 7. The fraction of sp³-hybridized carbons (Fsp3) is 0.250. The van der Waals surface area contributed by atoms with E-state index >= 15 is 0 Å². The third kappa shape index (κ3) is 4.09. The fourth-order valence-corrected chi connectivity index (χ4v) is 4.01. The van der Waals surface area contributed by atoms with Crippen LogP contribution >= 0.6 is 11.3 Å². The number of thiophene rings is 1. The Labute approximate surface area is 181 Å². The maximum atomic E-state index is 5.84. The van der Waals surface area contributed by atoms with E-state index in [9.17, 15) is 0 Å². The summed E-state index contributed by atoms with van der Waals surface area (Å²) in [5.74, 6) is 2.21. The van der Waals surface area contributed by atoms with Gasteiger partial charge in [-0.2, -0.15) is 5.10 Å². The van der Waals surface area contributed by atoms with Crippen LogP contribution in [-0.2, 0) is 6.42 Å². The molecule has 30 heavy (non-hydrogen) atoms. The molecule has 4 rings (SSSR count). The number of aryl methyl sites for hydroxylation is 1. The third-order valence-corrected chi connectivity index (χ3v) is 5.68. The number of amidine groups is 1. The van der Waals surface area contributed by atoms with Gasteiger partial charge in [0.2, 0.25) is 0 Å². The number of fused-ring (bicyclic) bond motifs is 1. The van der Waals surface area contributed by atoms with Crippen LogP contribution in [0.25, 0.3) is 0 Å². The number of nitrogens with zero attached hydrogens (tertiary/aromatic N) is 2. The monoisotopic (exact) mass is 419 g/mol. The first-order valence-electron chi connectivity index (χ1n) is 10.2. The van der Waals surface area contributed by atoms with Crippen LogP contribution in [0, 0.1) is 0 Å². The van der Waals surface area contributed by atoms with Gasteiger partial charge in [0.05, 0.1) is 23.8 Å². The average Bonchev–Trinajstić information content (AvgIpc) is 3.23. The molecular formula is C24H25N3O2S. The third-order valence-electron chi connectivity index (χ3n) is 4.80. The first-order valence-corrected chi connectivity index (χ1v) is 11.1. The molecule has 0 unspecified atom stereocenters. The zero-order valence-electron chi connectivity index (χ0n) is 17.4. The first kappa shape index (κ1) is 20.2. The van der Waals surface area contributed by atoms with E-state index in [1.807, 2.05) is 49.6 Å². The van der Waals surface area contributed by atoms with Crippen LogP contribution in [0.2, 0.25) is 0 Å². The number of benzene rings is 2. The normalized spacial score (nSPS) is 12.9. The standard InChI is InChI=1S/C24H25N3O2S/c1-4-16-9-11-19-18(14-16)23(26-27-24(25-19)22-8-7-13-30-22)17-10-12-20(28-5-2)21(15-17)29-6-3/h7-15H,4-6H2,1-3H3,(H,25,27). The maximum Gasteiger partial charge on any atom is 0.164 e. The second-order valence-electron chi connectivity index (χ2n) is 6.74. The van der Waals surface area contributed by atoms with Gasteiger partial charge in [-0.15, -0.1) is 11.3 Å². The molecule has 0 spiro atoms. The van der Waals surface area contributed by atoms with Crippen LogP contribution in [0.3, 0.4) is 0 Å². The van der Waals surface area contributed by atoms with Gasteiger partial charge in [0, 0.05) is 11.1 Å². The van der Waals surface area contributed by atoms with Crippen LogP contribution in [0.15, 0.2) is 64.0 Å². The lowest BCUT2D eigenvalue weighted by molar-refractivity contribution is 0.287. The SMILES string of the molecule is CCOc1ccc(C2=NNC(c3cccs3)=Nc3ccc(CC)cc32)cc1OCC. The van der Waals surface area contributed by atoms with Gasteiger partial charge in [0.1, 0.15) is 5.71 Å². The van der Waals surface area contributed by atoms with E-state index in [0.29, 0.717) is 13.2 Å². The molecule has 2 heterocycles. The smallest absolute Gasteiger partial charge is 0.164 e. The van der Waals surface area contributed by atoms with Gasteiger partial charge in [0.25, 0.3) is 0 Å². The van der Waals surface area contributed by atoms with Crippen molar-refractivity contribution >= 4 is 28.6 Å². The minimum atomic E-state index is 0.566. The van der Waals surface area contributed by atoms with Crippen molar-refractivity contribution in [1.29, 1.82) is 0 Å².